The molecule has 2 heteroatoms. The molecule has 0 unspecified atom stereocenters. The monoisotopic (exact) mass is 259 g/mol. The number of rotatable bonds is 4. The summed E-state index contributed by atoms with van der Waals surface area (Å²) >= 11 is 6.32. The Hall–Kier alpha value is -1.31. The molecule has 0 saturated carbocycles. The summed E-state index contributed by atoms with van der Waals surface area (Å²) in [6, 6.07) is 14.6. The Kier molecular flexibility index (Phi) is 4.40. The average Bonchev–Trinajstić information content (AvgIpc) is 2.39. The molecular formula is C16H18ClN. The number of aryl methyl sites for hydroxylation is 1. The van der Waals surface area contributed by atoms with Crippen LogP contribution in [0.4, 0.5) is 0 Å². The second-order valence-corrected chi connectivity index (χ2v) is 4.88. The van der Waals surface area contributed by atoms with E-state index in [1.165, 1.54) is 11.1 Å². The van der Waals surface area contributed by atoms with Gasteiger partial charge in [0.2, 0.25) is 0 Å². The predicted molar refractivity (Wildman–Crippen MR) is 78.8 cm³/mol. The van der Waals surface area contributed by atoms with Gasteiger partial charge in [0.25, 0.3) is 0 Å². The van der Waals surface area contributed by atoms with Gasteiger partial charge in [0.05, 0.1) is 0 Å². The normalized spacial score (nSPS) is 10.6. The summed E-state index contributed by atoms with van der Waals surface area (Å²) in [5.41, 5.74) is 10.3. The maximum absolute atomic E-state index is 6.32. The molecule has 0 bridgehead atoms. The molecule has 0 aliphatic carbocycles. The van der Waals surface area contributed by atoms with Gasteiger partial charge < -0.3 is 5.73 Å². The van der Waals surface area contributed by atoms with E-state index in [1.54, 1.807) is 0 Å². The summed E-state index contributed by atoms with van der Waals surface area (Å²) in [6.45, 7) is 2.71. The average molecular weight is 260 g/mol. The predicted octanol–water partition coefficient (Wildman–Crippen LogP) is 4.42. The molecule has 0 aliphatic heterocycles. The summed E-state index contributed by atoms with van der Waals surface area (Å²) in [5, 5.41) is 0.770. The van der Waals surface area contributed by atoms with Gasteiger partial charge in [-0.05, 0) is 29.2 Å². The molecule has 0 atom stereocenters. The molecule has 0 fully saturated rings. The lowest BCUT2D eigenvalue weighted by atomic mass is 10.00. The standard InChI is InChI=1S/C16H18ClN/c1-2-4-12-5-3-6-14(9-12)15-8-7-13(11-18)10-16(15)17/h3,5-10H,2,4,11,18H2,1H3. The van der Waals surface area contributed by atoms with E-state index in [4.69, 9.17) is 17.3 Å². The highest BCUT2D eigenvalue weighted by molar-refractivity contribution is 6.33. The van der Waals surface area contributed by atoms with Crippen LogP contribution in [-0.2, 0) is 13.0 Å². The lowest BCUT2D eigenvalue weighted by Gasteiger charge is -2.08. The largest absolute Gasteiger partial charge is 0.326 e. The molecule has 0 heterocycles. The van der Waals surface area contributed by atoms with Crippen LogP contribution in [0.25, 0.3) is 11.1 Å². The van der Waals surface area contributed by atoms with Gasteiger partial charge in [0, 0.05) is 17.1 Å². The van der Waals surface area contributed by atoms with Crippen molar-refractivity contribution in [1.82, 2.24) is 0 Å². The van der Waals surface area contributed by atoms with Gasteiger partial charge in [-0.3, -0.25) is 0 Å². The van der Waals surface area contributed by atoms with Crippen molar-refractivity contribution in [2.45, 2.75) is 26.3 Å². The molecule has 0 aliphatic rings. The third kappa shape index (κ3) is 2.92. The molecule has 2 N–H and O–H groups in total. The molecule has 0 amide bonds. The van der Waals surface area contributed by atoms with Crippen LogP contribution in [0.2, 0.25) is 5.02 Å². The van der Waals surface area contributed by atoms with E-state index < -0.39 is 0 Å². The number of hydrogen-bond acceptors (Lipinski definition) is 1. The molecule has 2 aromatic carbocycles. The zero-order chi connectivity index (χ0) is 13.0. The smallest absolute Gasteiger partial charge is 0.0487 e. The van der Waals surface area contributed by atoms with Crippen molar-refractivity contribution >= 4 is 11.6 Å². The Morgan fingerprint density at radius 1 is 1.06 bits per heavy atom. The second-order valence-electron chi connectivity index (χ2n) is 4.47. The van der Waals surface area contributed by atoms with Crippen molar-refractivity contribution < 1.29 is 0 Å². The highest BCUT2D eigenvalue weighted by atomic mass is 35.5. The molecule has 0 spiro atoms. The third-order valence-electron chi connectivity index (χ3n) is 3.05. The molecule has 0 aromatic heterocycles. The van der Waals surface area contributed by atoms with E-state index in [0.29, 0.717) is 6.54 Å². The molecule has 0 saturated heterocycles. The number of halogens is 1. The van der Waals surface area contributed by atoms with Gasteiger partial charge in [0.1, 0.15) is 0 Å². The van der Waals surface area contributed by atoms with E-state index in [1.807, 2.05) is 12.1 Å². The highest BCUT2D eigenvalue weighted by Gasteiger charge is 2.05. The van der Waals surface area contributed by atoms with Crippen molar-refractivity contribution in [3.05, 3.63) is 58.6 Å². The van der Waals surface area contributed by atoms with E-state index in [-0.39, 0.29) is 0 Å². The fraction of sp³-hybridized carbons (Fsp3) is 0.250. The first-order valence-corrected chi connectivity index (χ1v) is 6.70. The zero-order valence-corrected chi connectivity index (χ0v) is 11.4. The molecule has 94 valence electrons. The molecule has 1 nitrogen and oxygen atoms in total. The number of benzene rings is 2. The number of nitrogens with two attached hydrogens (primary N) is 1. The van der Waals surface area contributed by atoms with Gasteiger partial charge in [-0.1, -0.05) is 61.3 Å². The van der Waals surface area contributed by atoms with Gasteiger partial charge >= 0.3 is 0 Å². The van der Waals surface area contributed by atoms with Gasteiger partial charge in [0.15, 0.2) is 0 Å². The minimum atomic E-state index is 0.524. The van der Waals surface area contributed by atoms with Gasteiger partial charge in [-0.25, -0.2) is 0 Å². The number of hydrogen-bond donors (Lipinski definition) is 1. The van der Waals surface area contributed by atoms with E-state index in [0.717, 1.165) is 29.0 Å². The lowest BCUT2D eigenvalue weighted by Crippen LogP contribution is -1.96. The SMILES string of the molecule is CCCc1cccc(-c2ccc(CN)cc2Cl)c1. The van der Waals surface area contributed by atoms with Crippen molar-refractivity contribution in [3.8, 4) is 11.1 Å². The van der Waals surface area contributed by atoms with Crippen LogP contribution in [-0.4, -0.2) is 0 Å². The quantitative estimate of drug-likeness (QED) is 0.864. The second kappa shape index (κ2) is 6.03. The highest BCUT2D eigenvalue weighted by Crippen LogP contribution is 2.29. The Morgan fingerprint density at radius 3 is 2.56 bits per heavy atom. The van der Waals surface area contributed by atoms with Gasteiger partial charge in [-0.15, -0.1) is 0 Å². The van der Waals surface area contributed by atoms with Crippen LogP contribution in [0.3, 0.4) is 0 Å². The first kappa shape index (κ1) is 13.1. The maximum atomic E-state index is 6.32. The van der Waals surface area contributed by atoms with E-state index in [2.05, 4.69) is 37.3 Å². The van der Waals surface area contributed by atoms with E-state index >= 15 is 0 Å². The van der Waals surface area contributed by atoms with Gasteiger partial charge in [-0.2, -0.15) is 0 Å². The van der Waals surface area contributed by atoms with Crippen LogP contribution in [0, 0.1) is 0 Å². The molecular weight excluding hydrogens is 242 g/mol. The maximum Gasteiger partial charge on any atom is 0.0487 e. The van der Waals surface area contributed by atoms with Crippen LogP contribution < -0.4 is 5.73 Å². The third-order valence-corrected chi connectivity index (χ3v) is 3.36. The molecule has 0 radical (unpaired) electrons. The zero-order valence-electron chi connectivity index (χ0n) is 10.6. The van der Waals surface area contributed by atoms with Crippen LogP contribution in [0.15, 0.2) is 42.5 Å². The summed E-state index contributed by atoms with van der Waals surface area (Å²) in [4.78, 5) is 0. The Balaban J connectivity index is 2.38. The molecule has 18 heavy (non-hydrogen) atoms. The Labute approximate surface area is 114 Å². The minimum absolute atomic E-state index is 0.524. The Morgan fingerprint density at radius 2 is 1.89 bits per heavy atom. The molecule has 2 aromatic rings. The topological polar surface area (TPSA) is 26.0 Å². The molecule has 2 rings (SSSR count). The first-order chi connectivity index (χ1) is 8.74. The summed E-state index contributed by atoms with van der Waals surface area (Å²) in [6.07, 6.45) is 2.26. The van der Waals surface area contributed by atoms with Crippen molar-refractivity contribution in [1.29, 1.82) is 0 Å². The van der Waals surface area contributed by atoms with Crippen LogP contribution >= 0.6 is 11.6 Å². The summed E-state index contributed by atoms with van der Waals surface area (Å²) in [5.74, 6) is 0. The van der Waals surface area contributed by atoms with Crippen molar-refractivity contribution in [2.24, 2.45) is 5.73 Å². The minimum Gasteiger partial charge on any atom is -0.326 e. The lowest BCUT2D eigenvalue weighted by molar-refractivity contribution is 0.922. The fourth-order valence-corrected chi connectivity index (χ4v) is 2.41. The summed E-state index contributed by atoms with van der Waals surface area (Å²) < 4.78 is 0. The Bertz CT molecular complexity index is 534. The van der Waals surface area contributed by atoms with Crippen molar-refractivity contribution in [2.75, 3.05) is 0 Å². The first-order valence-electron chi connectivity index (χ1n) is 6.32. The van der Waals surface area contributed by atoms with Crippen molar-refractivity contribution in [3.63, 3.8) is 0 Å². The van der Waals surface area contributed by atoms with E-state index in [9.17, 15) is 0 Å². The van der Waals surface area contributed by atoms with Crippen LogP contribution in [0.1, 0.15) is 24.5 Å². The fourth-order valence-electron chi connectivity index (χ4n) is 2.10. The summed E-state index contributed by atoms with van der Waals surface area (Å²) in [7, 11) is 0. The van der Waals surface area contributed by atoms with Crippen LogP contribution in [0.5, 0.6) is 0 Å².